The number of carbonyl (C=O) groups excluding carboxylic acids is 2. The molecule has 0 aliphatic carbocycles. The fourth-order valence-electron chi connectivity index (χ4n) is 3.84. The van der Waals surface area contributed by atoms with E-state index in [1.165, 1.54) is 12.1 Å². The van der Waals surface area contributed by atoms with Crippen LogP contribution >= 0.6 is 0 Å². The van der Waals surface area contributed by atoms with Crippen molar-refractivity contribution < 1.29 is 23.1 Å². The van der Waals surface area contributed by atoms with Gasteiger partial charge >= 0.3 is 0 Å². The normalized spacial score (nSPS) is 14.7. The van der Waals surface area contributed by atoms with Crippen LogP contribution in [-0.4, -0.2) is 72.5 Å². The van der Waals surface area contributed by atoms with Gasteiger partial charge in [-0.1, -0.05) is 32.9 Å². The zero-order chi connectivity index (χ0) is 24.6. The van der Waals surface area contributed by atoms with E-state index in [1.54, 1.807) is 34.3 Å². The minimum atomic E-state index is -0.324. The summed E-state index contributed by atoms with van der Waals surface area (Å²) in [5.41, 5.74) is 0.626. The Balaban J connectivity index is 1.72. The highest BCUT2D eigenvalue weighted by Crippen LogP contribution is 2.20. The zero-order valence-corrected chi connectivity index (χ0v) is 20.5. The number of hydrogen-bond acceptors (Lipinski definition) is 5. The Hall–Kier alpha value is -2.71. The van der Waals surface area contributed by atoms with Crippen LogP contribution in [0.3, 0.4) is 0 Å². The molecule has 0 radical (unpaired) electrons. The van der Waals surface area contributed by atoms with Crippen molar-refractivity contribution in [3.63, 3.8) is 0 Å². The SMILES string of the molecule is CC(C)(C)CC(=O)N(CCN1CCOCC1)CC(=O)N(Cc1ccc(F)cc1)Cc1ccco1. The number of benzene rings is 1. The Morgan fingerprint density at radius 1 is 1.00 bits per heavy atom. The highest BCUT2D eigenvalue weighted by atomic mass is 19.1. The Morgan fingerprint density at radius 3 is 2.32 bits per heavy atom. The molecule has 2 heterocycles. The first kappa shape index (κ1) is 25.9. The number of halogens is 1. The van der Waals surface area contributed by atoms with E-state index >= 15 is 0 Å². The molecule has 1 aliphatic rings. The number of hydrogen-bond donors (Lipinski definition) is 0. The first-order valence-corrected chi connectivity index (χ1v) is 11.8. The zero-order valence-electron chi connectivity index (χ0n) is 20.5. The van der Waals surface area contributed by atoms with Gasteiger partial charge in [0.15, 0.2) is 0 Å². The average Bonchev–Trinajstić information content (AvgIpc) is 3.30. The van der Waals surface area contributed by atoms with Gasteiger partial charge in [0.05, 0.1) is 32.6 Å². The summed E-state index contributed by atoms with van der Waals surface area (Å²) >= 11 is 0. The standard InChI is InChI=1S/C26H36FN3O4/c1-26(2,3)17-24(31)29(11-10-28-12-15-33-16-13-28)20-25(32)30(19-23-5-4-14-34-23)18-21-6-8-22(27)9-7-21/h4-9,14H,10-13,15-20H2,1-3H3. The number of morpholine rings is 1. The molecule has 34 heavy (non-hydrogen) atoms. The molecule has 186 valence electrons. The van der Waals surface area contributed by atoms with Gasteiger partial charge in [-0.25, -0.2) is 4.39 Å². The summed E-state index contributed by atoms with van der Waals surface area (Å²) in [5.74, 6) is 0.116. The van der Waals surface area contributed by atoms with Crippen LogP contribution in [0, 0.1) is 11.2 Å². The maximum absolute atomic E-state index is 13.5. The van der Waals surface area contributed by atoms with Crippen LogP contribution < -0.4 is 0 Å². The monoisotopic (exact) mass is 473 g/mol. The van der Waals surface area contributed by atoms with Crippen LogP contribution in [-0.2, 0) is 27.4 Å². The number of rotatable bonds is 10. The van der Waals surface area contributed by atoms with E-state index in [1.807, 2.05) is 26.8 Å². The van der Waals surface area contributed by atoms with Crippen molar-refractivity contribution in [2.75, 3.05) is 45.9 Å². The summed E-state index contributed by atoms with van der Waals surface area (Å²) in [5, 5.41) is 0. The molecule has 1 aliphatic heterocycles. The summed E-state index contributed by atoms with van der Waals surface area (Å²) < 4.78 is 24.2. The van der Waals surface area contributed by atoms with E-state index in [2.05, 4.69) is 4.90 Å². The number of amides is 2. The number of ether oxygens (including phenoxy) is 1. The summed E-state index contributed by atoms with van der Waals surface area (Å²) in [7, 11) is 0. The molecule has 1 aromatic heterocycles. The van der Waals surface area contributed by atoms with Crippen LogP contribution in [0.2, 0.25) is 0 Å². The summed E-state index contributed by atoms with van der Waals surface area (Å²) in [4.78, 5) is 32.2. The quantitative estimate of drug-likeness (QED) is 0.528. The van der Waals surface area contributed by atoms with E-state index in [0.717, 1.165) is 18.7 Å². The molecule has 3 rings (SSSR count). The lowest BCUT2D eigenvalue weighted by Gasteiger charge is -2.32. The Bertz CT molecular complexity index is 903. The molecule has 0 bridgehead atoms. The summed E-state index contributed by atoms with van der Waals surface area (Å²) in [6, 6.07) is 9.68. The van der Waals surface area contributed by atoms with Gasteiger partial charge < -0.3 is 19.0 Å². The predicted octanol–water partition coefficient (Wildman–Crippen LogP) is 3.54. The van der Waals surface area contributed by atoms with Gasteiger partial charge in [-0.05, 0) is 35.2 Å². The van der Waals surface area contributed by atoms with Crippen molar-refractivity contribution in [3.05, 3.63) is 59.8 Å². The van der Waals surface area contributed by atoms with Crippen molar-refractivity contribution in [2.24, 2.45) is 5.41 Å². The van der Waals surface area contributed by atoms with E-state index in [4.69, 9.17) is 9.15 Å². The van der Waals surface area contributed by atoms with Gasteiger partial charge in [0.25, 0.3) is 0 Å². The molecule has 1 fully saturated rings. The van der Waals surface area contributed by atoms with Gasteiger partial charge in [0.1, 0.15) is 11.6 Å². The second-order valence-corrected chi connectivity index (χ2v) is 9.96. The molecular formula is C26H36FN3O4. The molecule has 0 atom stereocenters. The number of carbonyl (C=O) groups is 2. The molecule has 1 saturated heterocycles. The van der Waals surface area contributed by atoms with Crippen LogP contribution in [0.15, 0.2) is 47.1 Å². The highest BCUT2D eigenvalue weighted by molar-refractivity contribution is 5.85. The second-order valence-electron chi connectivity index (χ2n) is 9.96. The van der Waals surface area contributed by atoms with Gasteiger partial charge in [-0.3, -0.25) is 14.5 Å². The largest absolute Gasteiger partial charge is 0.467 e. The third-order valence-electron chi connectivity index (χ3n) is 5.72. The molecule has 8 heteroatoms. The predicted molar refractivity (Wildman–Crippen MR) is 127 cm³/mol. The fourth-order valence-corrected chi connectivity index (χ4v) is 3.84. The Labute approximate surface area is 201 Å². The minimum Gasteiger partial charge on any atom is -0.467 e. The molecule has 7 nitrogen and oxygen atoms in total. The lowest BCUT2D eigenvalue weighted by Crippen LogP contribution is -2.47. The molecule has 2 aromatic rings. The molecule has 0 N–H and O–H groups in total. The summed E-state index contributed by atoms with van der Waals surface area (Å²) in [6.45, 7) is 10.8. The smallest absolute Gasteiger partial charge is 0.242 e. The molecule has 2 amide bonds. The highest BCUT2D eigenvalue weighted by Gasteiger charge is 2.26. The molecule has 0 unspecified atom stereocenters. The van der Waals surface area contributed by atoms with E-state index < -0.39 is 0 Å². The lowest BCUT2D eigenvalue weighted by atomic mass is 9.91. The van der Waals surface area contributed by atoms with Crippen LogP contribution in [0.25, 0.3) is 0 Å². The number of furan rings is 1. The van der Waals surface area contributed by atoms with Crippen molar-refractivity contribution in [3.8, 4) is 0 Å². The first-order valence-electron chi connectivity index (χ1n) is 11.8. The maximum atomic E-state index is 13.5. The van der Waals surface area contributed by atoms with E-state index in [9.17, 15) is 14.0 Å². The lowest BCUT2D eigenvalue weighted by molar-refractivity contribution is -0.142. The Morgan fingerprint density at radius 2 is 1.71 bits per heavy atom. The molecule has 0 saturated carbocycles. The summed E-state index contributed by atoms with van der Waals surface area (Å²) in [6.07, 6.45) is 1.93. The van der Waals surface area contributed by atoms with Gasteiger partial charge in [-0.2, -0.15) is 0 Å². The topological polar surface area (TPSA) is 66.2 Å². The third kappa shape index (κ3) is 8.57. The van der Waals surface area contributed by atoms with Crippen molar-refractivity contribution >= 4 is 11.8 Å². The van der Waals surface area contributed by atoms with Crippen molar-refractivity contribution in [1.82, 2.24) is 14.7 Å². The van der Waals surface area contributed by atoms with Crippen LogP contribution in [0.1, 0.15) is 38.5 Å². The van der Waals surface area contributed by atoms with Crippen LogP contribution in [0.4, 0.5) is 4.39 Å². The Kier molecular flexibility index (Phi) is 9.24. The van der Waals surface area contributed by atoms with Gasteiger partial charge in [0.2, 0.25) is 11.8 Å². The van der Waals surface area contributed by atoms with Gasteiger partial charge in [-0.15, -0.1) is 0 Å². The maximum Gasteiger partial charge on any atom is 0.242 e. The minimum absolute atomic E-state index is 0.0127. The van der Waals surface area contributed by atoms with Crippen LogP contribution in [0.5, 0.6) is 0 Å². The fraction of sp³-hybridized carbons (Fsp3) is 0.538. The van der Waals surface area contributed by atoms with Crippen molar-refractivity contribution in [1.29, 1.82) is 0 Å². The number of nitrogens with zero attached hydrogens (tertiary/aromatic N) is 3. The van der Waals surface area contributed by atoms with Crippen molar-refractivity contribution in [2.45, 2.75) is 40.3 Å². The third-order valence-corrected chi connectivity index (χ3v) is 5.72. The average molecular weight is 474 g/mol. The van der Waals surface area contributed by atoms with Gasteiger partial charge in [0, 0.05) is 39.1 Å². The van der Waals surface area contributed by atoms with E-state index in [0.29, 0.717) is 45.0 Å². The molecular weight excluding hydrogens is 437 g/mol. The molecule has 1 aromatic carbocycles. The second kappa shape index (κ2) is 12.1. The van der Waals surface area contributed by atoms with E-state index in [-0.39, 0.29) is 36.1 Å². The molecule has 0 spiro atoms. The first-order chi connectivity index (χ1) is 16.2.